The van der Waals surface area contributed by atoms with Crippen molar-refractivity contribution < 1.29 is 14.4 Å². The molecule has 10 heteroatoms. The van der Waals surface area contributed by atoms with Crippen LogP contribution in [0.3, 0.4) is 0 Å². The highest BCUT2D eigenvalue weighted by Crippen LogP contribution is 2.23. The predicted molar refractivity (Wildman–Crippen MR) is 151 cm³/mol. The molecule has 2 atom stereocenters. The molecular formula is C31H35N7O3. The lowest BCUT2D eigenvalue weighted by Crippen LogP contribution is -2.53. The minimum Gasteiger partial charge on any atom is -0.344 e. The molecule has 41 heavy (non-hydrogen) atoms. The first-order chi connectivity index (χ1) is 19.9. The van der Waals surface area contributed by atoms with Gasteiger partial charge in [0.1, 0.15) is 17.7 Å². The number of hydrogen-bond donors (Lipinski definition) is 1. The lowest BCUT2D eigenvalue weighted by atomic mass is 9.99. The van der Waals surface area contributed by atoms with Gasteiger partial charge in [0.15, 0.2) is 0 Å². The van der Waals surface area contributed by atoms with Crippen LogP contribution in [0, 0.1) is 18.3 Å². The zero-order valence-corrected chi connectivity index (χ0v) is 23.3. The monoisotopic (exact) mass is 553 g/mol. The first-order valence-electron chi connectivity index (χ1n) is 14.3. The number of nitriles is 1. The van der Waals surface area contributed by atoms with Crippen LogP contribution >= 0.6 is 0 Å². The summed E-state index contributed by atoms with van der Waals surface area (Å²) < 4.78 is 1.78. The Morgan fingerprint density at radius 1 is 1.02 bits per heavy atom. The van der Waals surface area contributed by atoms with Gasteiger partial charge in [-0.3, -0.25) is 14.4 Å². The van der Waals surface area contributed by atoms with E-state index in [4.69, 9.17) is 4.98 Å². The van der Waals surface area contributed by atoms with Crippen LogP contribution in [0.15, 0.2) is 54.6 Å². The Kier molecular flexibility index (Phi) is 8.73. The molecule has 0 unspecified atom stereocenters. The maximum absolute atomic E-state index is 13.7. The van der Waals surface area contributed by atoms with E-state index in [-0.39, 0.29) is 24.1 Å². The van der Waals surface area contributed by atoms with Gasteiger partial charge in [0.2, 0.25) is 11.8 Å². The van der Waals surface area contributed by atoms with E-state index in [0.29, 0.717) is 68.2 Å². The van der Waals surface area contributed by atoms with Crippen molar-refractivity contribution in [1.82, 2.24) is 29.9 Å². The van der Waals surface area contributed by atoms with Gasteiger partial charge >= 0.3 is 0 Å². The molecule has 5 rings (SSSR count). The second kappa shape index (κ2) is 12.8. The average molecular weight is 554 g/mol. The Balaban J connectivity index is 1.50. The molecule has 2 aromatic carbocycles. The molecule has 3 amide bonds. The number of nitrogens with one attached hydrogen (secondary N) is 1. The molecule has 1 N–H and O–H groups in total. The van der Waals surface area contributed by atoms with E-state index in [1.54, 1.807) is 38.7 Å². The molecule has 1 aromatic heterocycles. The molecule has 1 fully saturated rings. The first-order valence-corrected chi connectivity index (χ1v) is 14.3. The van der Waals surface area contributed by atoms with Crippen LogP contribution in [-0.2, 0) is 22.6 Å². The number of carbonyl (C=O) groups excluding carboxylic acids is 3. The van der Waals surface area contributed by atoms with E-state index >= 15 is 0 Å². The standard InChI is InChI=1S/C31H35N7O3/c1-22-33-29-26(20-23-9-3-2-4-10-23)34-30(40)27-13-5-6-16-37(27)28(39)14-8-15-36(17-18-38(29)35-22)31(41)25-12-7-11-24(19-25)21-32/h2-4,7,9-12,19,26-27H,5-6,8,13-18,20H2,1H3,(H,34,40)/t26-,27+/m1/s1. The maximum atomic E-state index is 13.7. The molecule has 2 aliphatic rings. The number of fused-ring (bicyclic) bond motifs is 2. The normalized spacial score (nSPS) is 20.3. The van der Waals surface area contributed by atoms with E-state index in [1.165, 1.54) is 0 Å². The molecule has 0 radical (unpaired) electrons. The second-order valence-corrected chi connectivity index (χ2v) is 10.7. The predicted octanol–water partition coefficient (Wildman–Crippen LogP) is 3.18. The second-order valence-electron chi connectivity index (χ2n) is 10.7. The van der Waals surface area contributed by atoms with Crippen molar-refractivity contribution in [3.63, 3.8) is 0 Å². The summed E-state index contributed by atoms with van der Waals surface area (Å²) in [7, 11) is 0. The minimum absolute atomic E-state index is 0.0700. The number of aromatic nitrogens is 3. The first kappa shape index (κ1) is 28.0. The smallest absolute Gasteiger partial charge is 0.253 e. The summed E-state index contributed by atoms with van der Waals surface area (Å²) in [4.78, 5) is 48.8. The van der Waals surface area contributed by atoms with Crippen LogP contribution in [0.1, 0.15) is 71.3 Å². The van der Waals surface area contributed by atoms with Crippen molar-refractivity contribution >= 4 is 17.7 Å². The van der Waals surface area contributed by atoms with Crippen LogP contribution in [-0.4, -0.2) is 68.0 Å². The van der Waals surface area contributed by atoms with Crippen molar-refractivity contribution in [2.75, 3.05) is 19.6 Å². The topological polar surface area (TPSA) is 124 Å². The molecule has 0 spiro atoms. The maximum Gasteiger partial charge on any atom is 0.253 e. The van der Waals surface area contributed by atoms with Crippen LogP contribution in [0.25, 0.3) is 0 Å². The molecule has 3 heterocycles. The van der Waals surface area contributed by atoms with Crippen molar-refractivity contribution in [2.45, 2.75) is 64.1 Å². The van der Waals surface area contributed by atoms with Gasteiger partial charge in [-0.15, -0.1) is 0 Å². The van der Waals surface area contributed by atoms with Gasteiger partial charge in [0.25, 0.3) is 5.91 Å². The van der Waals surface area contributed by atoms with Crippen molar-refractivity contribution in [3.8, 4) is 6.07 Å². The Morgan fingerprint density at radius 2 is 1.85 bits per heavy atom. The highest BCUT2D eigenvalue weighted by atomic mass is 16.2. The van der Waals surface area contributed by atoms with E-state index in [2.05, 4.69) is 16.5 Å². The van der Waals surface area contributed by atoms with Crippen LogP contribution in [0.2, 0.25) is 0 Å². The molecule has 212 valence electrons. The largest absolute Gasteiger partial charge is 0.344 e. The van der Waals surface area contributed by atoms with E-state index in [0.717, 1.165) is 18.4 Å². The molecule has 0 bridgehead atoms. The van der Waals surface area contributed by atoms with Crippen molar-refractivity contribution in [2.24, 2.45) is 0 Å². The summed E-state index contributed by atoms with van der Waals surface area (Å²) in [6.07, 6.45) is 3.57. The fourth-order valence-corrected chi connectivity index (χ4v) is 5.72. The number of nitrogens with zero attached hydrogens (tertiary/aromatic N) is 6. The number of piperidine rings is 1. The minimum atomic E-state index is -0.540. The molecule has 0 aliphatic carbocycles. The third-order valence-corrected chi connectivity index (χ3v) is 7.77. The molecular weight excluding hydrogens is 518 g/mol. The van der Waals surface area contributed by atoms with E-state index in [9.17, 15) is 19.6 Å². The van der Waals surface area contributed by atoms with Gasteiger partial charge in [0, 0.05) is 31.6 Å². The molecule has 10 nitrogen and oxygen atoms in total. The molecule has 1 saturated heterocycles. The van der Waals surface area contributed by atoms with E-state index in [1.807, 2.05) is 37.3 Å². The van der Waals surface area contributed by atoms with Gasteiger partial charge in [-0.25, -0.2) is 9.67 Å². The molecule has 2 aliphatic heterocycles. The SMILES string of the molecule is Cc1nc2n(n1)CCN(C(=O)c1cccc(C#N)c1)CCCC(=O)N1CCCC[C@H]1C(=O)N[C@@H]2Cc1ccccc1. The zero-order chi connectivity index (χ0) is 28.8. The summed E-state index contributed by atoms with van der Waals surface area (Å²) in [5, 5.41) is 17.2. The summed E-state index contributed by atoms with van der Waals surface area (Å²) in [6.45, 7) is 3.41. The zero-order valence-electron chi connectivity index (χ0n) is 23.3. The number of rotatable bonds is 3. The van der Waals surface area contributed by atoms with Crippen LogP contribution < -0.4 is 5.32 Å². The highest BCUT2D eigenvalue weighted by Gasteiger charge is 2.34. The van der Waals surface area contributed by atoms with Gasteiger partial charge in [-0.05, 0) is 62.8 Å². The van der Waals surface area contributed by atoms with Crippen LogP contribution in [0.5, 0.6) is 0 Å². The Hall–Kier alpha value is -4.52. The van der Waals surface area contributed by atoms with E-state index < -0.39 is 12.1 Å². The molecule has 0 saturated carbocycles. The Morgan fingerprint density at radius 3 is 2.66 bits per heavy atom. The third kappa shape index (κ3) is 6.62. The van der Waals surface area contributed by atoms with Gasteiger partial charge < -0.3 is 15.1 Å². The quantitative estimate of drug-likeness (QED) is 0.531. The highest BCUT2D eigenvalue weighted by molar-refractivity contribution is 5.94. The number of benzene rings is 2. The number of carbonyl (C=O) groups is 3. The lowest BCUT2D eigenvalue weighted by molar-refractivity contribution is -0.142. The number of hydrogen-bond acceptors (Lipinski definition) is 6. The number of amides is 3. The fraction of sp³-hybridized carbons (Fsp3) is 0.419. The van der Waals surface area contributed by atoms with Crippen LogP contribution in [0.4, 0.5) is 0 Å². The summed E-state index contributed by atoms with van der Waals surface area (Å²) in [5.41, 5.74) is 1.88. The average Bonchev–Trinajstić information content (AvgIpc) is 3.38. The lowest BCUT2D eigenvalue weighted by Gasteiger charge is -2.36. The summed E-state index contributed by atoms with van der Waals surface area (Å²) in [6, 6.07) is 17.6. The van der Waals surface area contributed by atoms with Crippen molar-refractivity contribution in [3.05, 3.63) is 82.9 Å². The summed E-state index contributed by atoms with van der Waals surface area (Å²) >= 11 is 0. The van der Waals surface area contributed by atoms with Gasteiger partial charge in [-0.2, -0.15) is 10.4 Å². The Bertz CT molecular complexity index is 1450. The van der Waals surface area contributed by atoms with Gasteiger partial charge in [-0.1, -0.05) is 36.4 Å². The fourth-order valence-electron chi connectivity index (χ4n) is 5.72. The molecule has 3 aromatic rings. The third-order valence-electron chi connectivity index (χ3n) is 7.77. The van der Waals surface area contributed by atoms with Crippen molar-refractivity contribution in [1.29, 1.82) is 5.26 Å². The summed E-state index contributed by atoms with van der Waals surface area (Å²) in [5.74, 6) is 0.747. The van der Waals surface area contributed by atoms with Gasteiger partial charge in [0.05, 0.1) is 24.2 Å². The Labute approximate surface area is 240 Å². The number of aryl methyl sites for hydroxylation is 1.